The summed E-state index contributed by atoms with van der Waals surface area (Å²) < 4.78 is 8.41. The summed E-state index contributed by atoms with van der Waals surface area (Å²) in [5, 5.41) is 10.3. The molecule has 3 aromatic heterocycles. The van der Waals surface area contributed by atoms with Gasteiger partial charge in [-0.1, -0.05) is 31.4 Å². The second-order valence-electron chi connectivity index (χ2n) is 10.7. The molecule has 1 saturated heterocycles. The zero-order valence-corrected chi connectivity index (χ0v) is 21.3. The van der Waals surface area contributed by atoms with Gasteiger partial charge in [-0.05, 0) is 56.1 Å². The van der Waals surface area contributed by atoms with Crippen LogP contribution in [0.5, 0.6) is 0 Å². The Bertz CT molecular complexity index is 1290. The number of fused-ring (bicyclic) bond motifs is 2. The van der Waals surface area contributed by atoms with Gasteiger partial charge in [0.1, 0.15) is 0 Å². The Hall–Kier alpha value is -2.71. The number of hydrogen-bond donors (Lipinski definition) is 1. The fraction of sp³-hybridized carbons (Fsp3) is 0.556. The maximum Gasteiger partial charge on any atom is 0.354 e. The number of halogens is 1. The molecule has 0 radical (unpaired) electrons. The van der Waals surface area contributed by atoms with Gasteiger partial charge >= 0.3 is 5.97 Å². The number of anilines is 1. The van der Waals surface area contributed by atoms with Gasteiger partial charge in [-0.25, -0.2) is 14.8 Å². The van der Waals surface area contributed by atoms with Crippen molar-refractivity contribution in [2.75, 3.05) is 18.1 Å². The number of nitrogens with zero attached hydrogens (tertiary/aromatic N) is 5. The summed E-state index contributed by atoms with van der Waals surface area (Å²) in [7, 11) is 0. The largest absolute Gasteiger partial charge is 0.477 e. The Morgan fingerprint density at radius 1 is 1.14 bits per heavy atom. The van der Waals surface area contributed by atoms with Crippen molar-refractivity contribution in [2.24, 2.45) is 11.8 Å². The summed E-state index contributed by atoms with van der Waals surface area (Å²) in [6.45, 7) is 4.63. The van der Waals surface area contributed by atoms with Crippen LogP contribution in [0.25, 0.3) is 22.3 Å². The van der Waals surface area contributed by atoms with Gasteiger partial charge in [-0.3, -0.25) is 4.98 Å². The highest BCUT2D eigenvalue weighted by Gasteiger charge is 2.39. The van der Waals surface area contributed by atoms with Crippen LogP contribution in [0.4, 0.5) is 5.95 Å². The minimum Gasteiger partial charge on any atom is -0.477 e. The first kappa shape index (κ1) is 23.7. The third-order valence-electron chi connectivity index (χ3n) is 8.22. The average Bonchev–Trinajstić information content (AvgIpc) is 3.50. The van der Waals surface area contributed by atoms with Gasteiger partial charge < -0.3 is 19.3 Å². The molecule has 3 aromatic rings. The Morgan fingerprint density at radius 2 is 1.97 bits per heavy atom. The summed E-state index contributed by atoms with van der Waals surface area (Å²) in [6.07, 6.45) is 11.6. The van der Waals surface area contributed by atoms with E-state index in [-0.39, 0.29) is 11.8 Å². The third kappa shape index (κ3) is 4.34. The Morgan fingerprint density at radius 3 is 2.75 bits per heavy atom. The number of carboxylic acids is 1. The molecule has 2 saturated carbocycles. The number of hydrogen-bond acceptors (Lipinski definition) is 6. The first-order valence-corrected chi connectivity index (χ1v) is 13.5. The van der Waals surface area contributed by atoms with Gasteiger partial charge in [0.2, 0.25) is 5.95 Å². The van der Waals surface area contributed by atoms with Crippen LogP contribution in [0.2, 0.25) is 5.02 Å². The highest BCUT2D eigenvalue weighted by Crippen LogP contribution is 2.39. The number of aromatic carboxylic acids is 1. The van der Waals surface area contributed by atoms with Crippen molar-refractivity contribution >= 4 is 34.6 Å². The molecule has 3 aliphatic rings. The molecular weight excluding hydrogens is 478 g/mol. The van der Waals surface area contributed by atoms with Crippen molar-refractivity contribution in [1.82, 2.24) is 19.5 Å². The normalized spacial score (nSPS) is 26.3. The number of rotatable bonds is 5. The Labute approximate surface area is 215 Å². The van der Waals surface area contributed by atoms with E-state index in [9.17, 15) is 9.90 Å². The molecule has 0 aromatic carbocycles. The Balaban J connectivity index is 1.55. The van der Waals surface area contributed by atoms with Crippen LogP contribution in [-0.4, -0.2) is 55.9 Å². The van der Waals surface area contributed by atoms with Crippen molar-refractivity contribution < 1.29 is 14.6 Å². The fourth-order valence-electron chi connectivity index (χ4n) is 6.33. The van der Waals surface area contributed by atoms with Crippen LogP contribution < -0.4 is 4.90 Å². The molecule has 0 amide bonds. The van der Waals surface area contributed by atoms with E-state index in [4.69, 9.17) is 21.3 Å². The molecule has 190 valence electrons. The van der Waals surface area contributed by atoms with E-state index in [1.165, 1.54) is 25.7 Å². The maximum atomic E-state index is 12.0. The van der Waals surface area contributed by atoms with Crippen molar-refractivity contribution in [2.45, 2.75) is 70.6 Å². The third-order valence-corrected chi connectivity index (χ3v) is 8.42. The first-order valence-electron chi connectivity index (χ1n) is 13.1. The average molecular weight is 510 g/mol. The molecule has 0 spiro atoms. The monoisotopic (exact) mass is 509 g/mol. The quantitative estimate of drug-likeness (QED) is 0.490. The molecule has 8 nitrogen and oxygen atoms in total. The molecule has 9 heteroatoms. The van der Waals surface area contributed by atoms with Gasteiger partial charge in [0, 0.05) is 31.0 Å². The summed E-state index contributed by atoms with van der Waals surface area (Å²) in [5.74, 6) is 1.14. The minimum atomic E-state index is -1.08. The van der Waals surface area contributed by atoms with E-state index in [1.807, 2.05) is 0 Å². The van der Waals surface area contributed by atoms with Gasteiger partial charge in [0.25, 0.3) is 0 Å². The topological polar surface area (TPSA) is 93.4 Å². The van der Waals surface area contributed by atoms with Crippen molar-refractivity contribution in [3.05, 3.63) is 35.2 Å². The molecule has 3 fully saturated rings. The maximum absolute atomic E-state index is 12.0. The van der Waals surface area contributed by atoms with Crippen molar-refractivity contribution in [3.63, 3.8) is 0 Å². The fourth-order valence-corrected chi connectivity index (χ4v) is 6.51. The SMILES string of the molecule is CC1CCC(Cn2c(N3CCO[C@H]4CCC[C@@H]43)nc3cc(C(=O)O)nc(-c4cncc(Cl)c4)c32)CC1. The second kappa shape index (κ2) is 9.63. The van der Waals surface area contributed by atoms with Gasteiger partial charge in [-0.15, -0.1) is 0 Å². The van der Waals surface area contributed by atoms with Crippen molar-refractivity contribution in [1.29, 1.82) is 0 Å². The molecular formula is C27H32ClN5O3. The standard InChI is InChI=1S/C27H32ClN5O3/c1-16-5-7-17(8-6-16)15-33-25-20(31-27(33)32-9-10-36-23-4-2-3-22(23)32)12-21(26(34)35)30-24(25)18-11-19(28)14-29-13-18/h11-14,16-17,22-23H,2-10,15H2,1H3,(H,34,35)/t16?,17?,22-,23-/m0/s1. The molecule has 4 heterocycles. The summed E-state index contributed by atoms with van der Waals surface area (Å²) in [4.78, 5) is 28.4. The van der Waals surface area contributed by atoms with E-state index < -0.39 is 5.97 Å². The smallest absolute Gasteiger partial charge is 0.354 e. The van der Waals surface area contributed by atoms with E-state index in [1.54, 1.807) is 24.5 Å². The zero-order valence-electron chi connectivity index (χ0n) is 20.6. The second-order valence-corrected chi connectivity index (χ2v) is 11.1. The van der Waals surface area contributed by atoms with E-state index in [2.05, 4.69) is 26.4 Å². The van der Waals surface area contributed by atoms with Crippen LogP contribution in [0, 0.1) is 11.8 Å². The van der Waals surface area contributed by atoms with Crippen LogP contribution in [0.1, 0.15) is 62.4 Å². The highest BCUT2D eigenvalue weighted by atomic mass is 35.5. The number of pyridine rings is 2. The highest BCUT2D eigenvalue weighted by molar-refractivity contribution is 6.30. The van der Waals surface area contributed by atoms with Crippen LogP contribution >= 0.6 is 11.6 Å². The van der Waals surface area contributed by atoms with Crippen LogP contribution in [-0.2, 0) is 11.3 Å². The predicted octanol–water partition coefficient (Wildman–Crippen LogP) is 5.43. The first-order chi connectivity index (χ1) is 17.5. The number of carboxylic acid groups (broad SMARTS) is 1. The summed E-state index contributed by atoms with van der Waals surface area (Å²) in [6, 6.07) is 3.70. The van der Waals surface area contributed by atoms with Gasteiger partial charge in [0.05, 0.1) is 40.5 Å². The number of morpholine rings is 1. The number of aromatic nitrogens is 4. The number of ether oxygens (including phenoxy) is 1. The Kier molecular flexibility index (Phi) is 6.33. The predicted molar refractivity (Wildman–Crippen MR) is 139 cm³/mol. The lowest BCUT2D eigenvalue weighted by Gasteiger charge is -2.39. The van der Waals surface area contributed by atoms with E-state index >= 15 is 0 Å². The van der Waals surface area contributed by atoms with Crippen molar-refractivity contribution in [3.8, 4) is 11.3 Å². The minimum absolute atomic E-state index is 0.0270. The zero-order chi connectivity index (χ0) is 24.8. The van der Waals surface area contributed by atoms with Gasteiger partial charge in [-0.2, -0.15) is 0 Å². The molecule has 2 aliphatic carbocycles. The summed E-state index contributed by atoms with van der Waals surface area (Å²) in [5.41, 5.74) is 2.75. The number of carbonyl (C=O) groups is 1. The molecule has 0 bridgehead atoms. The van der Waals surface area contributed by atoms with Gasteiger partial charge in [0.15, 0.2) is 5.69 Å². The summed E-state index contributed by atoms with van der Waals surface area (Å²) >= 11 is 6.29. The molecule has 6 rings (SSSR count). The van der Waals surface area contributed by atoms with E-state index in [0.717, 1.165) is 49.7 Å². The van der Waals surface area contributed by atoms with E-state index in [0.29, 0.717) is 40.4 Å². The molecule has 0 unspecified atom stereocenters. The lowest BCUT2D eigenvalue weighted by atomic mass is 9.83. The van der Waals surface area contributed by atoms with Crippen LogP contribution in [0.3, 0.4) is 0 Å². The molecule has 1 N–H and O–H groups in total. The lowest BCUT2D eigenvalue weighted by molar-refractivity contribution is 0.0247. The molecule has 1 aliphatic heterocycles. The lowest BCUT2D eigenvalue weighted by Crippen LogP contribution is -2.49. The molecule has 2 atom stereocenters. The molecule has 36 heavy (non-hydrogen) atoms. The number of imidazole rings is 1. The van der Waals surface area contributed by atoms with Crippen LogP contribution in [0.15, 0.2) is 24.5 Å².